The molecule has 18 heavy (non-hydrogen) atoms. The van der Waals surface area contributed by atoms with Gasteiger partial charge >= 0.3 is 5.97 Å². The number of carboxylic acid groups (broad SMARTS) is 1. The van der Waals surface area contributed by atoms with Gasteiger partial charge in [-0.25, -0.2) is 4.79 Å². The fourth-order valence-electron chi connectivity index (χ4n) is 2.51. The van der Waals surface area contributed by atoms with Gasteiger partial charge in [0.25, 0.3) is 0 Å². The van der Waals surface area contributed by atoms with E-state index in [1.54, 1.807) is 0 Å². The zero-order valence-corrected chi connectivity index (χ0v) is 11.2. The minimum absolute atomic E-state index is 0.255. The Hall–Kier alpha value is -1.55. The molecule has 0 saturated heterocycles. The molecule has 0 saturated carbocycles. The Morgan fingerprint density at radius 2 is 1.89 bits per heavy atom. The van der Waals surface area contributed by atoms with Crippen LogP contribution in [0.2, 0.25) is 0 Å². The van der Waals surface area contributed by atoms with Gasteiger partial charge in [0.1, 0.15) is 16.9 Å². The van der Waals surface area contributed by atoms with Crippen molar-refractivity contribution in [3.8, 4) is 5.75 Å². The maximum Gasteiger partial charge on any atom is 0.328 e. The average Bonchev–Trinajstić information content (AvgIpc) is 2.19. The van der Waals surface area contributed by atoms with Crippen molar-refractivity contribution >= 4 is 5.97 Å². The van der Waals surface area contributed by atoms with Crippen molar-refractivity contribution in [1.82, 2.24) is 0 Å². The highest BCUT2D eigenvalue weighted by Gasteiger charge is 2.48. The summed E-state index contributed by atoms with van der Waals surface area (Å²) in [6.07, 6.45) is 0.255. The highest BCUT2D eigenvalue weighted by atomic mass is 16.5. The molecule has 0 radical (unpaired) electrons. The summed E-state index contributed by atoms with van der Waals surface area (Å²) < 4.78 is 5.86. The molecule has 1 aliphatic rings. The molecule has 1 heterocycles. The number of rotatable bonds is 1. The van der Waals surface area contributed by atoms with Gasteiger partial charge in [-0.3, -0.25) is 0 Å². The maximum atomic E-state index is 11.5. The van der Waals surface area contributed by atoms with E-state index in [0.717, 1.165) is 11.1 Å². The molecule has 1 aliphatic heterocycles. The molecule has 1 aromatic carbocycles. The van der Waals surface area contributed by atoms with Crippen molar-refractivity contribution in [3.05, 3.63) is 28.8 Å². The Bertz CT molecular complexity index is 522. The fourth-order valence-corrected chi connectivity index (χ4v) is 2.51. The summed E-state index contributed by atoms with van der Waals surface area (Å²) in [6, 6.07) is 3.70. The number of ether oxygens (including phenoxy) is 1. The maximum absolute atomic E-state index is 11.5. The second-order valence-corrected chi connectivity index (χ2v) is 5.75. The summed E-state index contributed by atoms with van der Waals surface area (Å²) in [5.41, 5.74) is 6.82. The van der Waals surface area contributed by atoms with E-state index in [1.165, 1.54) is 0 Å². The van der Waals surface area contributed by atoms with Crippen LogP contribution in [0.25, 0.3) is 0 Å². The van der Waals surface area contributed by atoms with E-state index in [-0.39, 0.29) is 6.42 Å². The van der Waals surface area contributed by atoms with Crippen molar-refractivity contribution in [3.63, 3.8) is 0 Å². The van der Waals surface area contributed by atoms with Crippen LogP contribution < -0.4 is 10.5 Å². The van der Waals surface area contributed by atoms with Crippen molar-refractivity contribution < 1.29 is 14.6 Å². The smallest absolute Gasteiger partial charge is 0.328 e. The third kappa shape index (κ3) is 1.86. The number of benzene rings is 1. The second kappa shape index (κ2) is 3.72. The molecule has 1 aromatic rings. The molecular formula is C14H19NO3. The topological polar surface area (TPSA) is 72.6 Å². The summed E-state index contributed by atoms with van der Waals surface area (Å²) in [6.45, 7) is 7.63. The molecule has 98 valence electrons. The zero-order valence-electron chi connectivity index (χ0n) is 11.2. The molecular weight excluding hydrogens is 230 g/mol. The van der Waals surface area contributed by atoms with E-state index < -0.39 is 17.1 Å². The van der Waals surface area contributed by atoms with Gasteiger partial charge in [0, 0.05) is 12.0 Å². The monoisotopic (exact) mass is 249 g/mol. The van der Waals surface area contributed by atoms with Gasteiger partial charge in [-0.15, -0.1) is 0 Å². The van der Waals surface area contributed by atoms with E-state index in [0.29, 0.717) is 11.3 Å². The second-order valence-electron chi connectivity index (χ2n) is 5.75. The van der Waals surface area contributed by atoms with Crippen LogP contribution in [0.15, 0.2) is 12.1 Å². The third-order valence-electron chi connectivity index (χ3n) is 3.55. The van der Waals surface area contributed by atoms with Crippen molar-refractivity contribution in [1.29, 1.82) is 0 Å². The Labute approximate surface area is 107 Å². The zero-order chi connectivity index (χ0) is 13.7. The lowest BCUT2D eigenvalue weighted by Gasteiger charge is -2.41. The number of fused-ring (bicyclic) bond motifs is 1. The Morgan fingerprint density at radius 1 is 1.33 bits per heavy atom. The van der Waals surface area contributed by atoms with Crippen LogP contribution in [-0.2, 0) is 10.3 Å². The molecule has 1 atom stereocenters. The molecule has 0 spiro atoms. The van der Waals surface area contributed by atoms with Crippen LogP contribution in [0.3, 0.4) is 0 Å². The molecule has 0 amide bonds. The van der Waals surface area contributed by atoms with Crippen LogP contribution in [0, 0.1) is 13.8 Å². The molecule has 1 unspecified atom stereocenters. The fraction of sp³-hybridized carbons (Fsp3) is 0.500. The lowest BCUT2D eigenvalue weighted by molar-refractivity contribution is -0.147. The van der Waals surface area contributed by atoms with E-state index in [2.05, 4.69) is 0 Å². The quantitative estimate of drug-likeness (QED) is 0.799. The standard InChI is InChI=1S/C14H19NO3/c1-8-5-10-11(6-9(8)2)18-13(3,4)7-14(10,15)12(16)17/h5-6H,7,15H2,1-4H3,(H,16,17). The summed E-state index contributed by atoms with van der Waals surface area (Å²) in [4.78, 5) is 11.5. The minimum atomic E-state index is -1.38. The summed E-state index contributed by atoms with van der Waals surface area (Å²) in [7, 11) is 0. The van der Waals surface area contributed by atoms with Gasteiger partial charge in [0.15, 0.2) is 0 Å². The first-order valence-corrected chi connectivity index (χ1v) is 5.99. The number of nitrogens with two attached hydrogens (primary N) is 1. The van der Waals surface area contributed by atoms with Gasteiger partial charge in [0.05, 0.1) is 0 Å². The Kier molecular flexibility index (Phi) is 2.66. The van der Waals surface area contributed by atoms with Gasteiger partial charge in [-0.05, 0) is 51.0 Å². The first kappa shape index (κ1) is 12.9. The van der Waals surface area contributed by atoms with Gasteiger partial charge in [-0.2, -0.15) is 0 Å². The lowest BCUT2D eigenvalue weighted by atomic mass is 9.77. The van der Waals surface area contributed by atoms with Gasteiger partial charge in [0.2, 0.25) is 0 Å². The number of aryl methyl sites for hydroxylation is 2. The number of aliphatic carboxylic acids is 1. The highest BCUT2D eigenvalue weighted by Crippen LogP contribution is 2.43. The van der Waals surface area contributed by atoms with Crippen LogP contribution in [-0.4, -0.2) is 16.7 Å². The van der Waals surface area contributed by atoms with E-state index in [4.69, 9.17) is 10.5 Å². The highest BCUT2D eigenvalue weighted by molar-refractivity contribution is 5.82. The van der Waals surface area contributed by atoms with Crippen molar-refractivity contribution in [2.24, 2.45) is 5.73 Å². The Balaban J connectivity index is 2.68. The molecule has 2 rings (SSSR count). The van der Waals surface area contributed by atoms with Crippen LogP contribution in [0.1, 0.15) is 37.0 Å². The molecule has 0 aromatic heterocycles. The van der Waals surface area contributed by atoms with E-state index in [9.17, 15) is 9.90 Å². The normalized spacial score (nSPS) is 25.2. The summed E-state index contributed by atoms with van der Waals surface area (Å²) in [5.74, 6) is -0.428. The number of hydrogen-bond acceptors (Lipinski definition) is 3. The Morgan fingerprint density at radius 3 is 2.44 bits per heavy atom. The molecule has 0 bridgehead atoms. The van der Waals surface area contributed by atoms with Crippen molar-refractivity contribution in [2.75, 3.05) is 0 Å². The average molecular weight is 249 g/mol. The lowest BCUT2D eigenvalue weighted by Crippen LogP contribution is -2.54. The number of carbonyl (C=O) groups is 1. The molecule has 3 N–H and O–H groups in total. The molecule has 4 nitrogen and oxygen atoms in total. The first-order chi connectivity index (χ1) is 8.16. The largest absolute Gasteiger partial charge is 0.487 e. The first-order valence-electron chi connectivity index (χ1n) is 5.99. The minimum Gasteiger partial charge on any atom is -0.487 e. The van der Waals surface area contributed by atoms with Gasteiger partial charge < -0.3 is 15.6 Å². The number of carboxylic acids is 1. The van der Waals surface area contributed by atoms with Crippen LogP contribution in [0.5, 0.6) is 5.75 Å². The third-order valence-corrected chi connectivity index (χ3v) is 3.55. The van der Waals surface area contributed by atoms with Crippen LogP contribution >= 0.6 is 0 Å². The number of hydrogen-bond donors (Lipinski definition) is 2. The van der Waals surface area contributed by atoms with Crippen molar-refractivity contribution in [2.45, 2.75) is 45.3 Å². The summed E-state index contributed by atoms with van der Waals surface area (Å²) >= 11 is 0. The molecule has 0 aliphatic carbocycles. The van der Waals surface area contributed by atoms with Gasteiger partial charge in [-0.1, -0.05) is 0 Å². The molecule has 4 heteroatoms. The van der Waals surface area contributed by atoms with E-state index >= 15 is 0 Å². The summed E-state index contributed by atoms with van der Waals surface area (Å²) in [5, 5.41) is 9.46. The predicted molar refractivity (Wildman–Crippen MR) is 68.7 cm³/mol. The SMILES string of the molecule is Cc1cc2c(cc1C)C(N)(C(=O)O)CC(C)(C)O2. The predicted octanol–water partition coefficient (Wildman–Crippen LogP) is 2.10. The molecule has 0 fully saturated rings. The van der Waals surface area contributed by atoms with E-state index in [1.807, 2.05) is 39.8 Å². The van der Waals surface area contributed by atoms with Crippen LogP contribution in [0.4, 0.5) is 0 Å².